The third-order valence-corrected chi connectivity index (χ3v) is 2.40. The lowest BCUT2D eigenvalue weighted by atomic mass is 10.0. The van der Waals surface area contributed by atoms with Gasteiger partial charge in [0.1, 0.15) is 0 Å². The fourth-order valence-electron chi connectivity index (χ4n) is 1.40. The highest BCUT2D eigenvalue weighted by atomic mass is 16.1. The standard InChI is InChI=1S/C10H20N2O/c1-7(2)5-9(10(11)13)12-6-8-3-4-8/h7-9,12H,3-6H2,1-2H3,(H2,11,13). The summed E-state index contributed by atoms with van der Waals surface area (Å²) in [6, 6.07) is -0.124. The smallest absolute Gasteiger partial charge is 0.234 e. The topological polar surface area (TPSA) is 55.1 Å². The van der Waals surface area contributed by atoms with Crippen molar-refractivity contribution in [2.45, 2.75) is 39.2 Å². The summed E-state index contributed by atoms with van der Waals surface area (Å²) in [5.41, 5.74) is 5.29. The van der Waals surface area contributed by atoms with E-state index in [2.05, 4.69) is 19.2 Å². The molecule has 1 aliphatic rings. The van der Waals surface area contributed by atoms with E-state index in [9.17, 15) is 4.79 Å². The molecule has 1 rings (SSSR count). The average molecular weight is 184 g/mol. The number of amides is 1. The van der Waals surface area contributed by atoms with Crippen molar-refractivity contribution in [3.05, 3.63) is 0 Å². The third kappa shape index (κ3) is 4.27. The first-order valence-electron chi connectivity index (χ1n) is 5.12. The van der Waals surface area contributed by atoms with Crippen LogP contribution in [0.3, 0.4) is 0 Å². The predicted molar refractivity (Wildman–Crippen MR) is 53.2 cm³/mol. The van der Waals surface area contributed by atoms with Crippen molar-refractivity contribution < 1.29 is 4.79 Å². The lowest BCUT2D eigenvalue weighted by Gasteiger charge is -2.16. The highest BCUT2D eigenvalue weighted by molar-refractivity contribution is 5.79. The van der Waals surface area contributed by atoms with Crippen molar-refractivity contribution in [2.24, 2.45) is 17.6 Å². The summed E-state index contributed by atoms with van der Waals surface area (Å²) >= 11 is 0. The Labute approximate surface area is 80.1 Å². The maximum Gasteiger partial charge on any atom is 0.234 e. The first kappa shape index (κ1) is 10.5. The molecule has 1 aliphatic carbocycles. The van der Waals surface area contributed by atoms with E-state index >= 15 is 0 Å². The van der Waals surface area contributed by atoms with E-state index in [0.717, 1.165) is 18.9 Å². The fraction of sp³-hybridized carbons (Fsp3) is 0.900. The van der Waals surface area contributed by atoms with Gasteiger partial charge in [-0.25, -0.2) is 0 Å². The number of hydrogen-bond donors (Lipinski definition) is 2. The molecule has 1 atom stereocenters. The molecule has 1 saturated carbocycles. The number of rotatable bonds is 6. The SMILES string of the molecule is CC(C)CC(NCC1CC1)C(N)=O. The van der Waals surface area contributed by atoms with Crippen LogP contribution in [0.15, 0.2) is 0 Å². The molecule has 1 amide bonds. The molecule has 0 radical (unpaired) electrons. The van der Waals surface area contributed by atoms with E-state index in [1.165, 1.54) is 12.8 Å². The molecule has 76 valence electrons. The average Bonchev–Trinajstić information content (AvgIpc) is 2.79. The maximum absolute atomic E-state index is 11.0. The van der Waals surface area contributed by atoms with Crippen LogP contribution >= 0.6 is 0 Å². The molecule has 0 heterocycles. The van der Waals surface area contributed by atoms with Crippen molar-refractivity contribution in [2.75, 3.05) is 6.54 Å². The first-order chi connectivity index (χ1) is 6.09. The lowest BCUT2D eigenvalue weighted by Crippen LogP contribution is -2.42. The largest absolute Gasteiger partial charge is 0.368 e. The second-order valence-electron chi connectivity index (χ2n) is 4.44. The maximum atomic E-state index is 11.0. The van der Waals surface area contributed by atoms with Crippen LogP contribution < -0.4 is 11.1 Å². The summed E-state index contributed by atoms with van der Waals surface area (Å²) in [4.78, 5) is 11.0. The highest BCUT2D eigenvalue weighted by Gasteiger charge is 2.24. The van der Waals surface area contributed by atoms with Crippen LogP contribution in [0.4, 0.5) is 0 Å². The number of primary amides is 1. The van der Waals surface area contributed by atoms with Crippen molar-refractivity contribution in [1.29, 1.82) is 0 Å². The second-order valence-corrected chi connectivity index (χ2v) is 4.44. The van der Waals surface area contributed by atoms with Crippen LogP contribution in [0.1, 0.15) is 33.1 Å². The Kier molecular flexibility index (Phi) is 3.72. The molecule has 3 N–H and O–H groups in total. The molecule has 0 aromatic carbocycles. The number of carbonyl (C=O) groups is 1. The van der Waals surface area contributed by atoms with Gasteiger partial charge in [-0.05, 0) is 37.6 Å². The Morgan fingerprint density at radius 3 is 2.54 bits per heavy atom. The molecule has 0 aliphatic heterocycles. The highest BCUT2D eigenvalue weighted by Crippen LogP contribution is 2.27. The summed E-state index contributed by atoms with van der Waals surface area (Å²) in [7, 11) is 0. The minimum absolute atomic E-state index is 0.124. The Hall–Kier alpha value is -0.570. The van der Waals surface area contributed by atoms with Crippen LogP contribution in [0, 0.1) is 11.8 Å². The Balaban J connectivity index is 2.23. The van der Waals surface area contributed by atoms with Crippen LogP contribution in [-0.4, -0.2) is 18.5 Å². The zero-order chi connectivity index (χ0) is 9.84. The van der Waals surface area contributed by atoms with E-state index in [-0.39, 0.29) is 11.9 Å². The van der Waals surface area contributed by atoms with E-state index < -0.39 is 0 Å². The second kappa shape index (κ2) is 4.61. The Morgan fingerprint density at radius 2 is 2.15 bits per heavy atom. The van der Waals surface area contributed by atoms with Gasteiger partial charge in [-0.3, -0.25) is 4.79 Å². The molecule has 0 spiro atoms. The van der Waals surface area contributed by atoms with E-state index in [1.807, 2.05) is 0 Å². The van der Waals surface area contributed by atoms with Gasteiger partial charge in [-0.15, -0.1) is 0 Å². The summed E-state index contributed by atoms with van der Waals surface area (Å²) in [6.07, 6.45) is 3.46. The molecule has 3 nitrogen and oxygen atoms in total. The Bertz CT molecular complexity index is 176. The fourth-order valence-corrected chi connectivity index (χ4v) is 1.40. The summed E-state index contributed by atoms with van der Waals surface area (Å²) in [5.74, 6) is 1.10. The van der Waals surface area contributed by atoms with Crippen molar-refractivity contribution in [1.82, 2.24) is 5.32 Å². The van der Waals surface area contributed by atoms with Crippen LogP contribution in [0.25, 0.3) is 0 Å². The molecule has 1 fully saturated rings. The van der Waals surface area contributed by atoms with Crippen LogP contribution in [-0.2, 0) is 4.79 Å². The molecule has 1 unspecified atom stereocenters. The molecule has 0 saturated heterocycles. The first-order valence-corrected chi connectivity index (χ1v) is 5.12. The summed E-state index contributed by atoms with van der Waals surface area (Å²) in [5, 5.41) is 3.24. The quantitative estimate of drug-likeness (QED) is 0.644. The van der Waals surface area contributed by atoms with Crippen molar-refractivity contribution in [3.8, 4) is 0 Å². The minimum atomic E-state index is -0.214. The van der Waals surface area contributed by atoms with Crippen LogP contribution in [0.5, 0.6) is 0 Å². The normalized spacial score (nSPS) is 19.0. The monoisotopic (exact) mass is 184 g/mol. The van der Waals surface area contributed by atoms with Crippen molar-refractivity contribution in [3.63, 3.8) is 0 Å². The van der Waals surface area contributed by atoms with Gasteiger partial charge >= 0.3 is 0 Å². The Morgan fingerprint density at radius 1 is 1.54 bits per heavy atom. The molecule has 13 heavy (non-hydrogen) atoms. The van der Waals surface area contributed by atoms with Gasteiger partial charge in [0.15, 0.2) is 0 Å². The lowest BCUT2D eigenvalue weighted by molar-refractivity contribution is -0.120. The minimum Gasteiger partial charge on any atom is -0.368 e. The molecule has 0 aromatic heterocycles. The summed E-state index contributed by atoms with van der Waals surface area (Å²) in [6.45, 7) is 5.17. The van der Waals surface area contributed by atoms with Gasteiger partial charge in [-0.1, -0.05) is 13.8 Å². The number of carbonyl (C=O) groups excluding carboxylic acids is 1. The molecular formula is C10H20N2O. The van der Waals surface area contributed by atoms with Crippen molar-refractivity contribution >= 4 is 5.91 Å². The van der Waals surface area contributed by atoms with E-state index in [0.29, 0.717) is 5.92 Å². The summed E-state index contributed by atoms with van der Waals surface area (Å²) < 4.78 is 0. The van der Waals surface area contributed by atoms with Gasteiger partial charge in [-0.2, -0.15) is 0 Å². The van der Waals surface area contributed by atoms with Crippen LogP contribution in [0.2, 0.25) is 0 Å². The molecule has 3 heteroatoms. The molecule has 0 aromatic rings. The van der Waals surface area contributed by atoms with Gasteiger partial charge < -0.3 is 11.1 Å². The van der Waals surface area contributed by atoms with Gasteiger partial charge in [0.25, 0.3) is 0 Å². The van der Waals surface area contributed by atoms with Gasteiger partial charge in [0.2, 0.25) is 5.91 Å². The molecule has 0 bridgehead atoms. The predicted octanol–water partition coefficient (Wildman–Crippen LogP) is 0.886. The van der Waals surface area contributed by atoms with E-state index in [1.54, 1.807) is 0 Å². The zero-order valence-electron chi connectivity index (χ0n) is 8.55. The number of nitrogens with two attached hydrogens (primary N) is 1. The van der Waals surface area contributed by atoms with Gasteiger partial charge in [0, 0.05) is 0 Å². The zero-order valence-corrected chi connectivity index (χ0v) is 8.55. The third-order valence-electron chi connectivity index (χ3n) is 2.40. The molecular weight excluding hydrogens is 164 g/mol. The van der Waals surface area contributed by atoms with Gasteiger partial charge in [0.05, 0.1) is 6.04 Å². The number of hydrogen-bond acceptors (Lipinski definition) is 2. The van der Waals surface area contributed by atoms with E-state index in [4.69, 9.17) is 5.73 Å². The number of nitrogens with one attached hydrogen (secondary N) is 1.